The summed E-state index contributed by atoms with van der Waals surface area (Å²) in [4.78, 5) is 12.3. The summed E-state index contributed by atoms with van der Waals surface area (Å²) in [6.07, 6.45) is 0.322. The highest BCUT2D eigenvalue weighted by atomic mass is 32.2. The van der Waals surface area contributed by atoms with E-state index in [1.807, 2.05) is 6.92 Å². The normalized spacial score (nSPS) is 18.8. The molecule has 1 aliphatic heterocycles. The molecule has 1 aliphatic rings. The van der Waals surface area contributed by atoms with Gasteiger partial charge in [-0.15, -0.1) is 0 Å². The first-order chi connectivity index (χ1) is 12.6. The van der Waals surface area contributed by atoms with Gasteiger partial charge in [0.25, 0.3) is 10.0 Å². The summed E-state index contributed by atoms with van der Waals surface area (Å²) in [6, 6.07) is 12.7. The Morgan fingerprint density at radius 3 is 2.15 bits per heavy atom. The lowest BCUT2D eigenvalue weighted by Gasteiger charge is -2.11. The van der Waals surface area contributed by atoms with Crippen molar-refractivity contribution in [2.75, 3.05) is 21.5 Å². The summed E-state index contributed by atoms with van der Waals surface area (Å²) >= 11 is 0. The molecule has 27 heavy (non-hydrogen) atoms. The van der Waals surface area contributed by atoms with Crippen molar-refractivity contribution in [2.24, 2.45) is 5.92 Å². The summed E-state index contributed by atoms with van der Waals surface area (Å²) in [6.45, 7) is 1.87. The number of hydrogen-bond donors (Lipinski definition) is 2. The highest BCUT2D eigenvalue weighted by molar-refractivity contribution is 7.92. The summed E-state index contributed by atoms with van der Waals surface area (Å²) in [5.41, 5.74) is 1.80. The fourth-order valence-electron chi connectivity index (χ4n) is 2.80. The van der Waals surface area contributed by atoms with Crippen LogP contribution in [0.15, 0.2) is 53.4 Å². The Labute approximate surface area is 158 Å². The van der Waals surface area contributed by atoms with Gasteiger partial charge < -0.3 is 5.32 Å². The van der Waals surface area contributed by atoms with Crippen molar-refractivity contribution in [1.29, 1.82) is 0 Å². The van der Waals surface area contributed by atoms with Crippen LogP contribution in [-0.4, -0.2) is 34.2 Å². The summed E-state index contributed by atoms with van der Waals surface area (Å²) in [5, 5.41) is 2.67. The van der Waals surface area contributed by atoms with Crippen LogP contribution in [0.1, 0.15) is 12.0 Å². The maximum atomic E-state index is 12.4. The van der Waals surface area contributed by atoms with E-state index >= 15 is 0 Å². The second-order valence-corrected chi connectivity index (χ2v) is 10.5. The Morgan fingerprint density at radius 2 is 1.59 bits per heavy atom. The van der Waals surface area contributed by atoms with Gasteiger partial charge in [0.1, 0.15) is 0 Å². The molecule has 1 amide bonds. The fraction of sp³-hybridized carbons (Fsp3) is 0.278. The zero-order valence-electron chi connectivity index (χ0n) is 14.7. The van der Waals surface area contributed by atoms with Gasteiger partial charge >= 0.3 is 0 Å². The highest BCUT2D eigenvalue weighted by Gasteiger charge is 2.32. The zero-order chi connectivity index (χ0) is 19.7. The van der Waals surface area contributed by atoms with Crippen molar-refractivity contribution < 1.29 is 21.6 Å². The van der Waals surface area contributed by atoms with Crippen LogP contribution in [0, 0.1) is 12.8 Å². The molecule has 2 N–H and O–H groups in total. The summed E-state index contributed by atoms with van der Waals surface area (Å²) in [5.74, 6) is -0.989. The van der Waals surface area contributed by atoms with E-state index in [-0.39, 0.29) is 22.3 Å². The number of carbonyl (C=O) groups is 1. The molecule has 0 bridgehead atoms. The van der Waals surface area contributed by atoms with Crippen molar-refractivity contribution in [1.82, 2.24) is 0 Å². The third-order valence-corrected chi connectivity index (χ3v) is 7.50. The molecular weight excluding hydrogens is 388 g/mol. The van der Waals surface area contributed by atoms with E-state index in [2.05, 4.69) is 10.0 Å². The van der Waals surface area contributed by atoms with Gasteiger partial charge in [-0.1, -0.05) is 17.7 Å². The predicted octanol–water partition coefficient (Wildman–Crippen LogP) is 2.17. The largest absolute Gasteiger partial charge is 0.326 e. The van der Waals surface area contributed by atoms with Gasteiger partial charge in [0.2, 0.25) is 5.91 Å². The molecule has 0 spiro atoms. The molecule has 1 atom stereocenters. The van der Waals surface area contributed by atoms with Crippen LogP contribution in [0.5, 0.6) is 0 Å². The number of sulfone groups is 1. The maximum absolute atomic E-state index is 12.4. The van der Waals surface area contributed by atoms with Crippen molar-refractivity contribution in [3.05, 3.63) is 54.1 Å². The minimum Gasteiger partial charge on any atom is -0.326 e. The van der Waals surface area contributed by atoms with Crippen LogP contribution in [0.2, 0.25) is 0 Å². The molecule has 0 aliphatic carbocycles. The number of nitrogens with one attached hydrogen (secondary N) is 2. The Kier molecular flexibility index (Phi) is 5.25. The first kappa shape index (κ1) is 19.4. The van der Waals surface area contributed by atoms with Gasteiger partial charge in [-0.2, -0.15) is 0 Å². The van der Waals surface area contributed by atoms with Crippen LogP contribution in [0.3, 0.4) is 0 Å². The van der Waals surface area contributed by atoms with Gasteiger partial charge in [-0.05, 0) is 49.7 Å². The number of aryl methyl sites for hydroxylation is 1. The molecule has 0 saturated carbocycles. The molecule has 0 aromatic heterocycles. The van der Waals surface area contributed by atoms with Crippen molar-refractivity contribution in [2.45, 2.75) is 18.2 Å². The first-order valence-corrected chi connectivity index (χ1v) is 11.7. The Balaban J connectivity index is 1.65. The van der Waals surface area contributed by atoms with E-state index in [4.69, 9.17) is 0 Å². The van der Waals surface area contributed by atoms with Gasteiger partial charge in [0.15, 0.2) is 9.84 Å². The molecular formula is C18H20N2O5S2. The second kappa shape index (κ2) is 7.32. The summed E-state index contributed by atoms with van der Waals surface area (Å²) in [7, 11) is -6.82. The number of hydrogen-bond acceptors (Lipinski definition) is 5. The molecule has 1 fully saturated rings. The van der Waals surface area contributed by atoms with Crippen LogP contribution in [-0.2, 0) is 24.7 Å². The quantitative estimate of drug-likeness (QED) is 0.788. The highest BCUT2D eigenvalue weighted by Crippen LogP contribution is 2.22. The average Bonchev–Trinajstić information content (AvgIpc) is 2.97. The second-order valence-electron chi connectivity index (χ2n) is 6.59. The standard InChI is InChI=1S/C18H20N2O5S2/c1-13-2-8-17(9-3-13)27(24,25)20-16-6-4-15(5-7-16)19-18(21)14-10-11-26(22,23)12-14/h2-9,14,20H,10-12H2,1H3,(H,19,21). The van der Waals surface area contributed by atoms with Crippen LogP contribution in [0.25, 0.3) is 0 Å². The van der Waals surface area contributed by atoms with E-state index in [0.29, 0.717) is 17.8 Å². The number of anilines is 2. The van der Waals surface area contributed by atoms with E-state index in [0.717, 1.165) is 5.56 Å². The minimum atomic E-state index is -3.70. The fourth-order valence-corrected chi connectivity index (χ4v) is 5.60. The smallest absolute Gasteiger partial charge is 0.261 e. The molecule has 9 heteroatoms. The lowest BCUT2D eigenvalue weighted by atomic mass is 10.1. The van der Waals surface area contributed by atoms with Gasteiger partial charge in [0, 0.05) is 11.4 Å². The molecule has 3 rings (SSSR count). The van der Waals surface area contributed by atoms with Gasteiger partial charge in [0.05, 0.1) is 22.3 Å². The van der Waals surface area contributed by atoms with E-state index in [9.17, 15) is 21.6 Å². The summed E-state index contributed by atoms with van der Waals surface area (Å²) < 4.78 is 50.2. The predicted molar refractivity (Wildman–Crippen MR) is 104 cm³/mol. The van der Waals surface area contributed by atoms with Gasteiger partial charge in [-0.25, -0.2) is 16.8 Å². The molecule has 2 aromatic rings. The Morgan fingerprint density at radius 1 is 1.00 bits per heavy atom. The van der Waals surface area contributed by atoms with Crippen molar-refractivity contribution >= 4 is 37.1 Å². The molecule has 7 nitrogen and oxygen atoms in total. The number of sulfonamides is 1. The maximum Gasteiger partial charge on any atom is 0.261 e. The number of benzene rings is 2. The van der Waals surface area contributed by atoms with Crippen LogP contribution in [0.4, 0.5) is 11.4 Å². The topological polar surface area (TPSA) is 109 Å². The molecule has 144 valence electrons. The van der Waals surface area contributed by atoms with E-state index in [1.54, 1.807) is 24.3 Å². The number of rotatable bonds is 5. The molecule has 1 unspecified atom stereocenters. The Hall–Kier alpha value is -2.39. The lowest BCUT2D eigenvalue weighted by Crippen LogP contribution is -2.23. The monoisotopic (exact) mass is 408 g/mol. The molecule has 1 heterocycles. The minimum absolute atomic E-state index is 0.0326. The lowest BCUT2D eigenvalue weighted by molar-refractivity contribution is -0.119. The molecule has 0 radical (unpaired) electrons. The third-order valence-electron chi connectivity index (χ3n) is 4.34. The van der Waals surface area contributed by atoms with Crippen LogP contribution >= 0.6 is 0 Å². The molecule has 2 aromatic carbocycles. The SMILES string of the molecule is Cc1ccc(S(=O)(=O)Nc2ccc(NC(=O)C3CCS(=O)(=O)C3)cc2)cc1. The molecule has 1 saturated heterocycles. The van der Waals surface area contributed by atoms with Crippen LogP contribution < -0.4 is 10.0 Å². The Bertz CT molecular complexity index is 1040. The van der Waals surface area contributed by atoms with Crippen molar-refractivity contribution in [3.63, 3.8) is 0 Å². The van der Waals surface area contributed by atoms with Gasteiger partial charge in [-0.3, -0.25) is 9.52 Å². The first-order valence-electron chi connectivity index (χ1n) is 8.35. The van der Waals surface area contributed by atoms with Crippen molar-refractivity contribution in [3.8, 4) is 0 Å². The third kappa shape index (κ3) is 4.86. The zero-order valence-corrected chi connectivity index (χ0v) is 16.3. The number of amides is 1. The van der Waals surface area contributed by atoms with E-state index < -0.39 is 25.8 Å². The van der Waals surface area contributed by atoms with E-state index in [1.165, 1.54) is 24.3 Å². The average molecular weight is 409 g/mol. The number of carbonyl (C=O) groups excluding carboxylic acids is 1.